The topological polar surface area (TPSA) is 87.6 Å². The number of aryl methyl sites for hydroxylation is 1. The molecule has 0 aliphatic rings. The Morgan fingerprint density at radius 3 is 2.17 bits per heavy atom. The Morgan fingerprint density at radius 2 is 1.62 bits per heavy atom. The van der Waals surface area contributed by atoms with E-state index in [2.05, 4.69) is 9.08 Å². The molecule has 24 heavy (non-hydrogen) atoms. The Balaban J connectivity index is 2.47. The molecular formula is C16H16ClN3O3S. The average molecular weight is 366 g/mol. The van der Waals surface area contributed by atoms with Crippen LogP contribution in [0.25, 0.3) is 0 Å². The number of imide groups is 1. The molecule has 126 valence electrons. The van der Waals surface area contributed by atoms with E-state index >= 15 is 0 Å². The van der Waals surface area contributed by atoms with Crippen molar-refractivity contribution in [3.63, 3.8) is 0 Å². The third-order valence-corrected chi connectivity index (χ3v) is 5.03. The maximum atomic E-state index is 13.3. The Kier molecular flexibility index (Phi) is 5.58. The molecule has 0 aromatic heterocycles. The first-order valence-electron chi connectivity index (χ1n) is 6.97. The minimum atomic E-state index is -3.33. The Labute approximate surface area is 145 Å². The Hall–Kier alpha value is -2.38. The molecule has 0 bridgehead atoms. The van der Waals surface area contributed by atoms with E-state index in [1.54, 1.807) is 48.5 Å². The second-order valence-electron chi connectivity index (χ2n) is 5.03. The predicted octanol–water partition coefficient (Wildman–Crippen LogP) is 3.76. The molecule has 2 aromatic rings. The molecule has 0 aliphatic carbocycles. The SMILES string of the molecule is CC(=O)NC(=O)N=S(=O)(Nc1ccc(Cl)cc1)c1ccc(C)cc1. The van der Waals surface area contributed by atoms with E-state index in [-0.39, 0.29) is 0 Å². The normalized spacial score (nSPS) is 12.8. The zero-order valence-corrected chi connectivity index (χ0v) is 14.6. The highest BCUT2D eigenvalue weighted by Crippen LogP contribution is 2.20. The minimum Gasteiger partial charge on any atom is -0.295 e. The molecule has 2 N–H and O–H groups in total. The first-order chi connectivity index (χ1) is 11.3. The van der Waals surface area contributed by atoms with E-state index in [1.165, 1.54) is 6.92 Å². The summed E-state index contributed by atoms with van der Waals surface area (Å²) in [6.45, 7) is 3.06. The summed E-state index contributed by atoms with van der Waals surface area (Å²) in [5.74, 6) is -0.583. The van der Waals surface area contributed by atoms with E-state index in [4.69, 9.17) is 11.6 Å². The van der Waals surface area contributed by atoms with Gasteiger partial charge in [-0.2, -0.15) is 0 Å². The molecule has 0 radical (unpaired) electrons. The zero-order valence-electron chi connectivity index (χ0n) is 13.1. The van der Waals surface area contributed by atoms with Gasteiger partial charge in [0, 0.05) is 17.6 Å². The molecule has 6 nitrogen and oxygen atoms in total. The molecule has 0 saturated carbocycles. The van der Waals surface area contributed by atoms with Crippen LogP contribution in [0.4, 0.5) is 10.5 Å². The van der Waals surface area contributed by atoms with Crippen molar-refractivity contribution in [2.24, 2.45) is 4.36 Å². The van der Waals surface area contributed by atoms with Crippen LogP contribution in [0.2, 0.25) is 5.02 Å². The van der Waals surface area contributed by atoms with Crippen molar-refractivity contribution in [3.8, 4) is 0 Å². The Morgan fingerprint density at radius 1 is 1.04 bits per heavy atom. The van der Waals surface area contributed by atoms with Gasteiger partial charge in [0.2, 0.25) is 5.91 Å². The fourth-order valence-corrected chi connectivity index (χ4v) is 3.46. The van der Waals surface area contributed by atoms with Crippen LogP contribution in [0.5, 0.6) is 0 Å². The predicted molar refractivity (Wildman–Crippen MR) is 94.3 cm³/mol. The van der Waals surface area contributed by atoms with Crippen LogP contribution in [0.15, 0.2) is 57.8 Å². The number of benzene rings is 2. The van der Waals surface area contributed by atoms with Gasteiger partial charge in [0.1, 0.15) is 0 Å². The number of amides is 3. The molecule has 3 amide bonds. The molecule has 0 aliphatic heterocycles. The van der Waals surface area contributed by atoms with Crippen LogP contribution in [0.1, 0.15) is 12.5 Å². The monoisotopic (exact) mass is 365 g/mol. The van der Waals surface area contributed by atoms with Gasteiger partial charge in [0.25, 0.3) is 0 Å². The van der Waals surface area contributed by atoms with Crippen LogP contribution in [-0.4, -0.2) is 16.1 Å². The smallest absolute Gasteiger partial charge is 0.295 e. The van der Waals surface area contributed by atoms with Gasteiger partial charge in [-0.3, -0.25) is 14.8 Å². The summed E-state index contributed by atoms with van der Waals surface area (Å²) in [6.07, 6.45) is 0. The summed E-state index contributed by atoms with van der Waals surface area (Å²) in [5, 5.41) is 2.51. The number of carbonyl (C=O) groups excluding carboxylic acids is 2. The second kappa shape index (κ2) is 7.46. The number of nitrogens with zero attached hydrogens (tertiary/aromatic N) is 1. The van der Waals surface area contributed by atoms with Crippen molar-refractivity contribution >= 4 is 39.1 Å². The van der Waals surface area contributed by atoms with E-state index in [0.29, 0.717) is 15.6 Å². The number of hydrogen-bond donors (Lipinski definition) is 2. The minimum absolute atomic E-state index is 0.321. The van der Waals surface area contributed by atoms with Crippen LogP contribution in [0, 0.1) is 6.92 Å². The fraction of sp³-hybridized carbons (Fsp3) is 0.125. The van der Waals surface area contributed by atoms with Crippen molar-refractivity contribution in [1.82, 2.24) is 5.32 Å². The number of carbonyl (C=O) groups is 2. The van der Waals surface area contributed by atoms with Crippen LogP contribution in [0.3, 0.4) is 0 Å². The number of halogens is 1. The molecule has 8 heteroatoms. The fourth-order valence-electron chi connectivity index (χ4n) is 1.83. The standard InChI is InChI=1S/C16H16ClN3O3S/c1-11-3-9-15(10-4-11)24(23,20-16(22)18-12(2)21)19-14-7-5-13(17)6-8-14/h3-10H,1-2H3,(H2,18,19,20,21,22,23). The summed E-state index contributed by atoms with van der Waals surface area (Å²) >= 11 is 5.83. The van der Waals surface area contributed by atoms with E-state index in [9.17, 15) is 13.8 Å². The average Bonchev–Trinajstić information content (AvgIpc) is 2.49. The van der Waals surface area contributed by atoms with Crippen molar-refractivity contribution in [2.75, 3.05) is 4.72 Å². The first-order valence-corrected chi connectivity index (χ1v) is 8.86. The first kappa shape index (κ1) is 18.0. The van der Waals surface area contributed by atoms with Crippen molar-refractivity contribution in [2.45, 2.75) is 18.7 Å². The molecule has 0 fully saturated rings. The number of anilines is 1. The largest absolute Gasteiger partial charge is 0.357 e. The number of hydrogen-bond acceptors (Lipinski definition) is 3. The van der Waals surface area contributed by atoms with Crippen LogP contribution >= 0.6 is 11.6 Å². The number of nitrogens with one attached hydrogen (secondary N) is 2. The quantitative estimate of drug-likeness (QED) is 0.868. The summed E-state index contributed by atoms with van der Waals surface area (Å²) < 4.78 is 19.7. The lowest BCUT2D eigenvalue weighted by molar-refractivity contribution is -0.117. The Bertz CT molecular complexity index is 870. The van der Waals surface area contributed by atoms with E-state index in [0.717, 1.165) is 5.56 Å². The van der Waals surface area contributed by atoms with Gasteiger partial charge in [-0.1, -0.05) is 29.3 Å². The maximum Gasteiger partial charge on any atom is 0.357 e. The number of rotatable bonds is 3. The van der Waals surface area contributed by atoms with Gasteiger partial charge in [0.15, 0.2) is 9.92 Å². The van der Waals surface area contributed by atoms with Gasteiger partial charge >= 0.3 is 6.03 Å². The van der Waals surface area contributed by atoms with E-state index < -0.39 is 21.9 Å². The molecule has 1 unspecified atom stereocenters. The van der Waals surface area contributed by atoms with Gasteiger partial charge in [-0.25, -0.2) is 9.00 Å². The molecule has 0 heterocycles. The summed E-state index contributed by atoms with van der Waals surface area (Å²) in [4.78, 5) is 23.1. The third kappa shape index (κ3) is 4.81. The van der Waals surface area contributed by atoms with Gasteiger partial charge < -0.3 is 0 Å². The third-order valence-electron chi connectivity index (χ3n) is 2.94. The lowest BCUT2D eigenvalue weighted by Crippen LogP contribution is -2.27. The molecule has 1 atom stereocenters. The highest BCUT2D eigenvalue weighted by Gasteiger charge is 2.16. The lowest BCUT2D eigenvalue weighted by atomic mass is 10.2. The van der Waals surface area contributed by atoms with Crippen LogP contribution < -0.4 is 10.0 Å². The van der Waals surface area contributed by atoms with Crippen molar-refractivity contribution in [3.05, 3.63) is 59.1 Å². The summed E-state index contributed by atoms with van der Waals surface area (Å²) in [7, 11) is -3.33. The van der Waals surface area contributed by atoms with Crippen LogP contribution in [-0.2, 0) is 14.7 Å². The summed E-state index contributed by atoms with van der Waals surface area (Å²) in [6, 6.07) is 12.3. The zero-order chi connectivity index (χ0) is 17.7. The number of urea groups is 1. The van der Waals surface area contributed by atoms with Crippen molar-refractivity contribution < 1.29 is 13.8 Å². The van der Waals surface area contributed by atoms with Crippen molar-refractivity contribution in [1.29, 1.82) is 0 Å². The molecule has 2 aromatic carbocycles. The highest BCUT2D eigenvalue weighted by molar-refractivity contribution is 7.95. The van der Waals surface area contributed by atoms with Gasteiger partial charge in [0.05, 0.1) is 4.90 Å². The molecule has 0 saturated heterocycles. The summed E-state index contributed by atoms with van der Waals surface area (Å²) in [5.41, 5.74) is 1.45. The maximum absolute atomic E-state index is 13.3. The second-order valence-corrected chi connectivity index (χ2v) is 7.37. The highest BCUT2D eigenvalue weighted by atomic mass is 35.5. The lowest BCUT2D eigenvalue weighted by Gasteiger charge is -2.13. The van der Waals surface area contributed by atoms with E-state index in [1.807, 2.05) is 12.2 Å². The molecular weight excluding hydrogens is 350 g/mol. The molecule has 2 rings (SSSR count). The molecule has 0 spiro atoms. The van der Waals surface area contributed by atoms with Gasteiger partial charge in [-0.15, -0.1) is 4.36 Å². The van der Waals surface area contributed by atoms with Gasteiger partial charge in [-0.05, 0) is 43.3 Å².